The molecule has 2 amide bonds. The summed E-state index contributed by atoms with van der Waals surface area (Å²) >= 11 is 11.5. The second kappa shape index (κ2) is 5.46. The molecule has 7 heteroatoms. The fourth-order valence-electron chi connectivity index (χ4n) is 1.07. The van der Waals surface area contributed by atoms with Crippen molar-refractivity contribution in [3.63, 3.8) is 0 Å². The Hall–Kier alpha value is -1.46. The van der Waals surface area contributed by atoms with Crippen LogP contribution in [0.4, 0.5) is 10.5 Å². The van der Waals surface area contributed by atoms with Crippen molar-refractivity contribution in [3.05, 3.63) is 28.2 Å². The van der Waals surface area contributed by atoms with Gasteiger partial charge in [-0.3, -0.25) is 0 Å². The van der Waals surface area contributed by atoms with E-state index < -0.39 is 17.5 Å². The van der Waals surface area contributed by atoms with Crippen molar-refractivity contribution in [1.29, 1.82) is 0 Å². The summed E-state index contributed by atoms with van der Waals surface area (Å²) < 4.78 is 0. The van der Waals surface area contributed by atoms with Crippen molar-refractivity contribution in [3.8, 4) is 0 Å². The van der Waals surface area contributed by atoms with Gasteiger partial charge >= 0.3 is 12.0 Å². The molecule has 18 heavy (non-hydrogen) atoms. The molecule has 0 aliphatic heterocycles. The lowest BCUT2D eigenvalue weighted by Gasteiger charge is -2.21. The number of halogens is 2. The lowest BCUT2D eigenvalue weighted by atomic mass is 10.1. The Kier molecular flexibility index (Phi) is 4.43. The minimum atomic E-state index is -1.36. The number of carboxylic acid groups (broad SMARTS) is 1. The molecule has 3 N–H and O–H groups in total. The Morgan fingerprint density at radius 1 is 1.22 bits per heavy atom. The van der Waals surface area contributed by atoms with Crippen molar-refractivity contribution in [2.45, 2.75) is 19.4 Å². The highest BCUT2D eigenvalue weighted by Crippen LogP contribution is 2.24. The molecule has 0 atom stereocenters. The Morgan fingerprint density at radius 3 is 2.33 bits per heavy atom. The standard InChI is InChI=1S/C11H12Cl2N2O3/c1-11(2,9(16)17)15-10(18)14-6-3-4-7(12)8(13)5-6/h3-5H,1-2H3,(H,16,17)(H2,14,15,18). The van der Waals surface area contributed by atoms with Crippen LogP contribution in [0.25, 0.3) is 0 Å². The van der Waals surface area contributed by atoms with Gasteiger partial charge in [0.15, 0.2) is 0 Å². The summed E-state index contributed by atoms with van der Waals surface area (Å²) in [7, 11) is 0. The molecule has 0 aliphatic carbocycles. The van der Waals surface area contributed by atoms with Gasteiger partial charge < -0.3 is 15.7 Å². The first kappa shape index (κ1) is 14.6. The van der Waals surface area contributed by atoms with Crippen LogP contribution in [-0.4, -0.2) is 22.6 Å². The highest BCUT2D eigenvalue weighted by atomic mass is 35.5. The molecule has 1 aromatic carbocycles. The van der Waals surface area contributed by atoms with Gasteiger partial charge in [-0.1, -0.05) is 23.2 Å². The van der Waals surface area contributed by atoms with Crippen LogP contribution in [0, 0.1) is 0 Å². The van der Waals surface area contributed by atoms with Gasteiger partial charge in [0, 0.05) is 5.69 Å². The predicted octanol–water partition coefficient (Wildman–Crippen LogP) is 2.98. The van der Waals surface area contributed by atoms with Crippen LogP contribution < -0.4 is 10.6 Å². The van der Waals surface area contributed by atoms with Gasteiger partial charge in [-0.05, 0) is 32.0 Å². The summed E-state index contributed by atoms with van der Waals surface area (Å²) in [6.45, 7) is 2.76. The number of carbonyl (C=O) groups is 2. The Labute approximate surface area is 114 Å². The lowest BCUT2D eigenvalue weighted by molar-refractivity contribution is -0.142. The number of aliphatic carboxylic acids is 1. The molecular weight excluding hydrogens is 279 g/mol. The first-order valence-electron chi connectivity index (χ1n) is 5.00. The van der Waals surface area contributed by atoms with E-state index in [1.807, 2.05) is 0 Å². The number of hydrogen-bond acceptors (Lipinski definition) is 2. The van der Waals surface area contributed by atoms with E-state index in [4.69, 9.17) is 28.3 Å². The van der Waals surface area contributed by atoms with E-state index in [9.17, 15) is 9.59 Å². The Bertz CT molecular complexity index is 489. The van der Waals surface area contributed by atoms with Crippen molar-refractivity contribution in [2.75, 3.05) is 5.32 Å². The fourth-order valence-corrected chi connectivity index (χ4v) is 1.37. The number of hydrogen-bond donors (Lipinski definition) is 3. The molecule has 0 aromatic heterocycles. The molecule has 0 fully saturated rings. The number of urea groups is 1. The zero-order valence-electron chi connectivity index (χ0n) is 9.75. The largest absolute Gasteiger partial charge is 0.480 e. The molecule has 0 spiro atoms. The zero-order valence-corrected chi connectivity index (χ0v) is 11.3. The van der Waals surface area contributed by atoms with Crippen LogP contribution in [0.15, 0.2) is 18.2 Å². The van der Waals surface area contributed by atoms with Crippen molar-refractivity contribution >= 4 is 40.9 Å². The number of rotatable bonds is 3. The molecule has 0 saturated heterocycles. The van der Waals surface area contributed by atoms with Crippen molar-refractivity contribution in [1.82, 2.24) is 5.32 Å². The third kappa shape index (κ3) is 3.78. The third-order valence-electron chi connectivity index (χ3n) is 2.14. The molecule has 0 aliphatic rings. The first-order chi connectivity index (χ1) is 8.22. The van der Waals surface area contributed by atoms with Gasteiger partial charge in [0.05, 0.1) is 10.0 Å². The van der Waals surface area contributed by atoms with Gasteiger partial charge in [0.2, 0.25) is 0 Å². The lowest BCUT2D eigenvalue weighted by Crippen LogP contribution is -2.51. The quantitative estimate of drug-likeness (QED) is 0.801. The monoisotopic (exact) mass is 290 g/mol. The van der Waals surface area contributed by atoms with Crippen LogP contribution in [0.1, 0.15) is 13.8 Å². The second-order valence-electron chi connectivity index (χ2n) is 4.14. The topological polar surface area (TPSA) is 78.4 Å². The van der Waals surface area contributed by atoms with Crippen LogP contribution in [0.5, 0.6) is 0 Å². The number of carbonyl (C=O) groups excluding carboxylic acids is 1. The summed E-state index contributed by atoms with van der Waals surface area (Å²) in [5.74, 6) is -1.13. The van der Waals surface area contributed by atoms with Gasteiger partial charge in [0.25, 0.3) is 0 Å². The number of anilines is 1. The molecule has 0 heterocycles. The molecule has 0 radical (unpaired) electrons. The Morgan fingerprint density at radius 2 is 1.83 bits per heavy atom. The fraction of sp³-hybridized carbons (Fsp3) is 0.273. The van der Waals surface area contributed by atoms with Crippen molar-refractivity contribution < 1.29 is 14.7 Å². The minimum absolute atomic E-state index is 0.298. The van der Waals surface area contributed by atoms with Crippen molar-refractivity contribution in [2.24, 2.45) is 0 Å². The molecule has 0 bridgehead atoms. The van der Waals surface area contributed by atoms with E-state index in [1.54, 1.807) is 6.07 Å². The number of benzene rings is 1. The SMILES string of the molecule is CC(C)(NC(=O)Nc1ccc(Cl)c(Cl)c1)C(=O)O. The summed E-state index contributed by atoms with van der Waals surface area (Å²) in [5, 5.41) is 14.3. The maximum atomic E-state index is 11.6. The zero-order chi connectivity index (χ0) is 13.9. The highest BCUT2D eigenvalue weighted by molar-refractivity contribution is 6.42. The van der Waals surface area contributed by atoms with E-state index in [1.165, 1.54) is 26.0 Å². The molecule has 1 rings (SSSR count). The summed E-state index contributed by atoms with van der Waals surface area (Å²) in [6, 6.07) is 3.92. The van der Waals surface area contributed by atoms with Gasteiger partial charge in [-0.2, -0.15) is 0 Å². The average molecular weight is 291 g/mol. The Balaban J connectivity index is 2.71. The molecule has 0 saturated carbocycles. The van der Waals surface area contributed by atoms with Gasteiger partial charge in [0.1, 0.15) is 5.54 Å². The minimum Gasteiger partial charge on any atom is -0.480 e. The number of nitrogens with one attached hydrogen (secondary N) is 2. The summed E-state index contributed by atoms with van der Waals surface area (Å²) in [5.41, 5.74) is -0.941. The second-order valence-corrected chi connectivity index (χ2v) is 4.95. The molecule has 0 unspecified atom stereocenters. The highest BCUT2D eigenvalue weighted by Gasteiger charge is 2.28. The molecular formula is C11H12Cl2N2O3. The number of carboxylic acids is 1. The normalized spacial score (nSPS) is 10.9. The van der Waals surface area contributed by atoms with Crippen LogP contribution in [0.3, 0.4) is 0 Å². The van der Waals surface area contributed by atoms with E-state index in [0.717, 1.165) is 0 Å². The average Bonchev–Trinajstić information content (AvgIpc) is 2.22. The van der Waals surface area contributed by atoms with E-state index in [-0.39, 0.29) is 0 Å². The van der Waals surface area contributed by atoms with E-state index in [2.05, 4.69) is 10.6 Å². The number of amides is 2. The first-order valence-corrected chi connectivity index (χ1v) is 5.75. The van der Waals surface area contributed by atoms with Crippen LogP contribution in [-0.2, 0) is 4.79 Å². The van der Waals surface area contributed by atoms with Crippen LogP contribution >= 0.6 is 23.2 Å². The maximum Gasteiger partial charge on any atom is 0.328 e. The van der Waals surface area contributed by atoms with Gasteiger partial charge in [-0.25, -0.2) is 9.59 Å². The third-order valence-corrected chi connectivity index (χ3v) is 2.88. The van der Waals surface area contributed by atoms with Gasteiger partial charge in [-0.15, -0.1) is 0 Å². The summed E-state index contributed by atoms with van der Waals surface area (Å²) in [4.78, 5) is 22.4. The molecule has 5 nitrogen and oxygen atoms in total. The maximum absolute atomic E-state index is 11.6. The summed E-state index contributed by atoms with van der Waals surface area (Å²) in [6.07, 6.45) is 0. The van der Waals surface area contributed by atoms with E-state index in [0.29, 0.717) is 15.7 Å². The van der Waals surface area contributed by atoms with Crippen LogP contribution in [0.2, 0.25) is 10.0 Å². The predicted molar refractivity (Wildman–Crippen MR) is 70.3 cm³/mol. The molecule has 1 aromatic rings. The smallest absolute Gasteiger partial charge is 0.328 e. The van der Waals surface area contributed by atoms with E-state index >= 15 is 0 Å². The molecule has 98 valence electrons.